The number of aromatic amines is 2. The van der Waals surface area contributed by atoms with Gasteiger partial charge in [0.15, 0.2) is 20.8 Å². The van der Waals surface area contributed by atoms with Gasteiger partial charge in [0.25, 0.3) is 51.8 Å². The van der Waals surface area contributed by atoms with Crippen molar-refractivity contribution in [2.75, 3.05) is 86.5 Å². The summed E-state index contributed by atoms with van der Waals surface area (Å²) < 4.78 is 64.6. The first kappa shape index (κ1) is 82.9. The number of nitrogens with one attached hydrogen (secondary N) is 2. The predicted molar refractivity (Wildman–Crippen MR) is 384 cm³/mol. The molecule has 2 fully saturated rings. The van der Waals surface area contributed by atoms with Crippen LogP contribution in [-0.2, 0) is 51.1 Å². The van der Waals surface area contributed by atoms with Gasteiger partial charge >= 0.3 is 11.4 Å². The highest BCUT2D eigenvalue weighted by molar-refractivity contribution is 7.44. The summed E-state index contributed by atoms with van der Waals surface area (Å²) in [6, 6.07) is 17.6. The molecule has 6 heterocycles. The second kappa shape index (κ2) is 37.1. The van der Waals surface area contributed by atoms with Crippen LogP contribution in [0.4, 0.5) is 0 Å². The third-order valence-corrected chi connectivity index (χ3v) is 26.8. The molecule has 2 saturated heterocycles. The van der Waals surface area contributed by atoms with Gasteiger partial charge < -0.3 is 56.1 Å². The average Bonchev–Trinajstić information content (AvgIpc) is 1.63. The van der Waals surface area contributed by atoms with E-state index in [1.165, 1.54) is 43.5 Å². The van der Waals surface area contributed by atoms with E-state index in [2.05, 4.69) is 64.1 Å². The quantitative estimate of drug-likeness (QED) is 0.0160. The molecule has 4 unspecified atom stereocenters. The van der Waals surface area contributed by atoms with Crippen molar-refractivity contribution >= 4 is 60.8 Å². The Morgan fingerprint density at radius 1 is 0.612 bits per heavy atom. The minimum atomic E-state index is -2.58. The van der Waals surface area contributed by atoms with Crippen LogP contribution in [0.1, 0.15) is 143 Å². The molecule has 4 aliphatic heterocycles. The van der Waals surface area contributed by atoms with E-state index >= 15 is 0 Å². The third kappa shape index (κ3) is 20.6. The van der Waals surface area contributed by atoms with E-state index in [-0.39, 0.29) is 130 Å². The lowest BCUT2D eigenvalue weighted by molar-refractivity contribution is -0.131. The van der Waals surface area contributed by atoms with E-state index in [0.717, 1.165) is 9.80 Å². The van der Waals surface area contributed by atoms with E-state index in [1.54, 1.807) is 62.6 Å². The van der Waals surface area contributed by atoms with E-state index in [0.29, 0.717) is 0 Å². The highest BCUT2D eigenvalue weighted by Crippen LogP contribution is 2.53. The zero-order valence-electron chi connectivity index (χ0n) is 61.5. The normalized spacial score (nSPS) is 21.0. The number of H-pyrrole nitrogens is 2. The van der Waals surface area contributed by atoms with Gasteiger partial charge in [-0.2, -0.15) is 5.26 Å². The number of likely N-dealkylation sites (N-methyl/N-ethyl adjacent to an activating group) is 2. The number of ether oxygens (including phenoxy) is 4. The first-order valence-corrected chi connectivity index (χ1v) is 39.4. The van der Waals surface area contributed by atoms with Crippen LogP contribution in [0, 0.1) is 23.8 Å². The number of fused-ring (bicyclic) bond motifs is 2. The number of hydrogen-bond donors (Lipinski definition) is 2. The van der Waals surface area contributed by atoms with Crippen LogP contribution in [-0.4, -0.2) is 233 Å². The maximum atomic E-state index is 13.2. The van der Waals surface area contributed by atoms with E-state index in [9.17, 15) is 53.2 Å². The molecule has 4 aliphatic rings. The number of nitrogens with zero attached hydrogens (tertiary/aromatic N) is 10. The molecule has 10 atom stereocenters. The average molecular weight is 1490 g/mol. The molecule has 2 aromatic carbocycles. The van der Waals surface area contributed by atoms with Crippen molar-refractivity contribution in [3.8, 4) is 6.07 Å². The summed E-state index contributed by atoms with van der Waals surface area (Å²) in [6.45, 7) is 35.9. The van der Waals surface area contributed by atoms with E-state index < -0.39 is 133 Å². The molecule has 34 heteroatoms. The summed E-state index contributed by atoms with van der Waals surface area (Å²) in [5.41, 5.74) is -1.36. The standard InChI is InChI=1S/C37H55N6O10PSi.C32H43N6O9P/c1-24(2)43(25(3)4)54(50-20-13-17-38)52-31-28(51-35(41-18-16-29(44)39-36(41)48)32(31)53-55(9,10)37(5,6)7)23-49-21-19-40(8)30(45)22-42-33(46)26-14-11-12-15-27(26)34(42)47;1-20(2)38(21(3)4)48(45-16-13-33-6)47-28-22(5)25(46-31(28)36-14-12-26(39)34-32(36)43)19-44-17-15-35(7)27(40)18-37-29(41)23-10-8-9-11-24(23)30(37)42/h11-12,14-16,18,24-25,28,31-32,35H,13,19-23H2,1-10H3,(H,39,44,48);8-12,14,20-22,25,28,31H,13,15-19H2,1-5,7H3,(H,34,39,43)/t28-,31?,32+,35-,54?;22?,25-,28+,31-,48?/m11/s1. The molecule has 0 spiro atoms. The molecular weight excluding hydrogens is 1390 g/mol. The monoisotopic (exact) mass is 1490 g/mol. The summed E-state index contributed by atoms with van der Waals surface area (Å²) in [5.74, 6) is -3.20. The minimum absolute atomic E-state index is 0.00372. The molecule has 2 N–H and O–H groups in total. The first-order valence-electron chi connectivity index (χ1n) is 34.3. The van der Waals surface area contributed by atoms with Crippen LogP contribution in [0.3, 0.4) is 0 Å². The lowest BCUT2D eigenvalue weighted by Gasteiger charge is -2.42. The lowest BCUT2D eigenvalue weighted by atomic mass is 10.0. The van der Waals surface area contributed by atoms with Crippen LogP contribution in [0.25, 0.3) is 4.85 Å². The number of hydrogen-bond acceptors (Lipinski definition) is 22. The van der Waals surface area contributed by atoms with Crippen molar-refractivity contribution < 1.29 is 70.2 Å². The second-order valence-corrected chi connectivity index (χ2v) is 35.4. The molecule has 103 heavy (non-hydrogen) atoms. The summed E-state index contributed by atoms with van der Waals surface area (Å²) in [4.78, 5) is 140. The van der Waals surface area contributed by atoms with Gasteiger partial charge in [0.05, 0.1) is 73.9 Å². The van der Waals surface area contributed by atoms with E-state index in [4.69, 9.17) is 48.0 Å². The van der Waals surface area contributed by atoms with Crippen LogP contribution < -0.4 is 22.5 Å². The summed E-state index contributed by atoms with van der Waals surface area (Å²) in [7, 11) is -2.94. The number of carbonyl (C=O) groups is 6. The summed E-state index contributed by atoms with van der Waals surface area (Å²) in [5, 5.41) is 9.05. The Morgan fingerprint density at radius 2 is 1.00 bits per heavy atom. The number of benzene rings is 2. The third-order valence-electron chi connectivity index (χ3n) is 18.1. The van der Waals surface area contributed by atoms with Crippen molar-refractivity contribution in [3.63, 3.8) is 0 Å². The molecule has 4 aromatic rings. The van der Waals surface area contributed by atoms with Crippen molar-refractivity contribution in [3.05, 3.63) is 148 Å². The number of amides is 6. The summed E-state index contributed by atoms with van der Waals surface area (Å²) >= 11 is 0. The number of nitriles is 1. The Labute approximate surface area is 603 Å². The SMILES string of the molecule is CC(C)N(C(C)C)P(OCCC#N)OC1[C@@H](COCCN(C)C(=O)CN2C(=O)c3ccccc3C2=O)O[C@@H](n2ccc(=O)[nH]c2=O)[C@H]1O[Si](C)(C)C(C)(C)C.[C-]#[N+]CCOP(O[C@H]1C(C)[C@@H](COCCN(C)C(=O)CN2C(=O)c3ccccc3C2=O)O[C@H]1n1ccc(=O)[nH]c1=O)N(C(C)C)C(C)C. The van der Waals surface area contributed by atoms with Gasteiger partial charge in [-0.1, -0.05) is 52.0 Å². The molecule has 8 rings (SSSR count). The Hall–Kier alpha value is -7.36. The van der Waals surface area contributed by atoms with Gasteiger partial charge in [0.2, 0.25) is 18.4 Å². The number of carbonyl (C=O) groups excluding carboxylic acids is 6. The zero-order valence-corrected chi connectivity index (χ0v) is 64.3. The van der Waals surface area contributed by atoms with Crippen molar-refractivity contribution in [2.45, 2.75) is 175 Å². The largest absolute Gasteiger partial charge is 0.407 e. The molecule has 2 aromatic heterocycles. The fourth-order valence-corrected chi connectivity index (χ4v) is 16.5. The minimum Gasteiger partial charge on any atom is -0.407 e. The van der Waals surface area contributed by atoms with Gasteiger partial charge in [-0.05, 0) is 97.8 Å². The molecule has 0 radical (unpaired) electrons. The second-order valence-electron chi connectivity index (χ2n) is 27.8. The van der Waals surface area contributed by atoms with Crippen molar-refractivity contribution in [2.24, 2.45) is 5.92 Å². The summed E-state index contributed by atoms with van der Waals surface area (Å²) in [6.07, 6.45) is -2.81. The number of rotatable bonds is 34. The zero-order chi connectivity index (χ0) is 75.9. The Balaban J connectivity index is 0.000000291. The van der Waals surface area contributed by atoms with Crippen molar-refractivity contribution in [1.29, 1.82) is 5.26 Å². The van der Waals surface area contributed by atoms with Gasteiger partial charge in [-0.25, -0.2) is 25.5 Å². The maximum Gasteiger partial charge on any atom is 0.330 e. The molecule has 562 valence electrons. The Kier molecular flexibility index (Phi) is 29.8. The van der Waals surface area contributed by atoms with Crippen molar-refractivity contribution in [1.82, 2.24) is 48.0 Å². The van der Waals surface area contributed by atoms with Gasteiger partial charge in [-0.15, -0.1) is 0 Å². The Morgan fingerprint density at radius 3 is 1.39 bits per heavy atom. The lowest BCUT2D eigenvalue weighted by Crippen LogP contribution is -2.50. The van der Waals surface area contributed by atoms with E-state index in [1.807, 2.05) is 62.3 Å². The van der Waals surface area contributed by atoms with Gasteiger partial charge in [0.1, 0.15) is 44.1 Å². The molecule has 31 nitrogen and oxygen atoms in total. The molecule has 0 aliphatic carbocycles. The van der Waals surface area contributed by atoms with Gasteiger partial charge in [0, 0.05) is 81.8 Å². The van der Waals surface area contributed by atoms with Crippen LogP contribution in [0.2, 0.25) is 18.1 Å². The fraction of sp³-hybridized carbons (Fsp3) is 0.594. The molecule has 6 amide bonds. The predicted octanol–water partition coefficient (Wildman–Crippen LogP) is 6.76. The first-order chi connectivity index (χ1) is 48.6. The maximum absolute atomic E-state index is 13.2. The number of aromatic nitrogens is 4. The topological polar surface area (TPSA) is 343 Å². The Bertz CT molecular complexity index is 3870. The van der Waals surface area contributed by atoms with Crippen LogP contribution in [0.5, 0.6) is 0 Å². The van der Waals surface area contributed by atoms with Crippen LogP contribution >= 0.6 is 17.1 Å². The molecule has 0 saturated carbocycles. The van der Waals surface area contributed by atoms with Gasteiger partial charge in [-0.3, -0.25) is 67.3 Å². The smallest absolute Gasteiger partial charge is 0.330 e. The number of imide groups is 2. The fourth-order valence-electron chi connectivity index (χ4n) is 11.6. The van der Waals surface area contributed by atoms with Crippen LogP contribution in [0.15, 0.2) is 92.2 Å². The highest BCUT2D eigenvalue weighted by atomic mass is 31.2. The highest BCUT2D eigenvalue weighted by Gasteiger charge is 2.54. The molecule has 0 bridgehead atoms. The molecular formula is C69H98N12O19P2Si.